The molecule has 0 heterocycles. The molecule has 154 valence electrons. The van der Waals surface area contributed by atoms with Gasteiger partial charge in [0.1, 0.15) is 12.7 Å². The molecule has 0 aliphatic heterocycles. The van der Waals surface area contributed by atoms with E-state index in [9.17, 15) is 5.11 Å². The van der Waals surface area contributed by atoms with Crippen LogP contribution < -0.4 is 24.3 Å². The molecular weight excluding hydrogens is 362 g/mol. The van der Waals surface area contributed by atoms with Gasteiger partial charge in [-0.25, -0.2) is 0 Å². The molecule has 7 nitrogen and oxygen atoms in total. The lowest BCUT2D eigenvalue weighted by Gasteiger charge is -2.15. The minimum Gasteiger partial charge on any atom is -0.493 e. The van der Waals surface area contributed by atoms with Crippen molar-refractivity contribution in [2.45, 2.75) is 19.1 Å². The minimum absolute atomic E-state index is 0.0101. The third kappa shape index (κ3) is 6.02. The number of methoxy groups -OCH3 is 3. The van der Waals surface area contributed by atoms with E-state index in [4.69, 9.17) is 24.1 Å². The summed E-state index contributed by atoms with van der Waals surface area (Å²) in [6.45, 7) is 1.10. The van der Waals surface area contributed by atoms with Crippen molar-refractivity contribution in [1.82, 2.24) is 5.32 Å². The molecule has 0 aromatic heterocycles. The molecule has 0 radical (unpaired) electrons. The summed E-state index contributed by atoms with van der Waals surface area (Å²) in [5.74, 6) is 2.59. The van der Waals surface area contributed by atoms with Crippen LogP contribution in [0.1, 0.15) is 11.1 Å². The molecule has 0 amide bonds. The molecule has 0 saturated carbocycles. The van der Waals surface area contributed by atoms with Gasteiger partial charge in [0.2, 0.25) is 0 Å². The van der Waals surface area contributed by atoms with Crippen LogP contribution in [0.25, 0.3) is 0 Å². The predicted molar refractivity (Wildman–Crippen MR) is 107 cm³/mol. The highest BCUT2D eigenvalue weighted by atomic mass is 16.5. The van der Waals surface area contributed by atoms with Crippen LogP contribution in [0.2, 0.25) is 0 Å². The van der Waals surface area contributed by atoms with Crippen molar-refractivity contribution in [2.75, 3.05) is 41.1 Å². The van der Waals surface area contributed by atoms with Crippen molar-refractivity contribution in [3.8, 4) is 23.0 Å². The van der Waals surface area contributed by atoms with Crippen LogP contribution in [-0.4, -0.2) is 57.4 Å². The zero-order valence-corrected chi connectivity index (χ0v) is 16.6. The first-order valence-corrected chi connectivity index (χ1v) is 9.12. The first-order valence-electron chi connectivity index (χ1n) is 9.12. The Morgan fingerprint density at radius 1 is 0.964 bits per heavy atom. The van der Waals surface area contributed by atoms with Crippen molar-refractivity contribution < 1.29 is 29.2 Å². The summed E-state index contributed by atoms with van der Waals surface area (Å²) in [5.41, 5.74) is 2.13. The maximum absolute atomic E-state index is 9.40. The number of aliphatic hydroxyl groups is 2. The summed E-state index contributed by atoms with van der Waals surface area (Å²) in [6, 6.07) is 11.5. The number of aliphatic hydroxyl groups excluding tert-OH is 2. The molecule has 0 aliphatic carbocycles. The van der Waals surface area contributed by atoms with Gasteiger partial charge in [-0.1, -0.05) is 18.2 Å². The molecule has 1 atom stereocenters. The molecule has 0 aliphatic rings. The Labute approximate surface area is 165 Å². The van der Waals surface area contributed by atoms with Crippen LogP contribution in [0.4, 0.5) is 0 Å². The Morgan fingerprint density at radius 2 is 1.75 bits per heavy atom. The fourth-order valence-corrected chi connectivity index (χ4v) is 2.77. The number of hydrogen-bond acceptors (Lipinski definition) is 7. The van der Waals surface area contributed by atoms with Crippen molar-refractivity contribution in [2.24, 2.45) is 0 Å². The second-order valence-corrected chi connectivity index (χ2v) is 6.21. The van der Waals surface area contributed by atoms with Gasteiger partial charge in [0.05, 0.1) is 27.9 Å². The molecule has 0 fully saturated rings. The van der Waals surface area contributed by atoms with E-state index < -0.39 is 6.10 Å². The lowest BCUT2D eigenvalue weighted by atomic mass is 10.1. The number of benzene rings is 2. The van der Waals surface area contributed by atoms with E-state index in [1.165, 1.54) is 0 Å². The summed E-state index contributed by atoms with van der Waals surface area (Å²) in [6.07, 6.45) is -0.107. The van der Waals surface area contributed by atoms with E-state index in [1.54, 1.807) is 21.3 Å². The van der Waals surface area contributed by atoms with Gasteiger partial charge in [-0.2, -0.15) is 0 Å². The molecule has 1 unspecified atom stereocenters. The first-order chi connectivity index (χ1) is 13.6. The molecule has 0 saturated heterocycles. The highest BCUT2D eigenvalue weighted by Gasteiger charge is 2.10. The van der Waals surface area contributed by atoms with E-state index in [0.29, 0.717) is 23.8 Å². The average molecular weight is 391 g/mol. The number of para-hydroxylation sites is 1. The van der Waals surface area contributed by atoms with E-state index in [1.807, 2.05) is 36.4 Å². The Balaban J connectivity index is 1.89. The third-order valence-electron chi connectivity index (χ3n) is 4.26. The first kappa shape index (κ1) is 21.8. The van der Waals surface area contributed by atoms with Gasteiger partial charge in [-0.3, -0.25) is 0 Å². The molecular formula is C21H29NO6. The van der Waals surface area contributed by atoms with Crippen LogP contribution >= 0.6 is 0 Å². The number of nitrogens with one attached hydrogen (secondary N) is 1. The van der Waals surface area contributed by atoms with Crippen LogP contribution in [0, 0.1) is 0 Å². The summed E-state index contributed by atoms with van der Waals surface area (Å²) < 4.78 is 21.6. The summed E-state index contributed by atoms with van der Waals surface area (Å²) in [4.78, 5) is 0. The van der Waals surface area contributed by atoms with Crippen molar-refractivity contribution in [3.63, 3.8) is 0 Å². The van der Waals surface area contributed by atoms with Crippen LogP contribution in [-0.2, 0) is 13.0 Å². The molecule has 2 aromatic rings. The highest BCUT2D eigenvalue weighted by Crippen LogP contribution is 2.31. The normalized spacial score (nSPS) is 11.8. The second-order valence-electron chi connectivity index (χ2n) is 6.21. The zero-order chi connectivity index (χ0) is 20.4. The van der Waals surface area contributed by atoms with E-state index in [2.05, 4.69) is 5.32 Å². The molecule has 2 rings (SSSR count). The molecule has 3 N–H and O–H groups in total. The second kappa shape index (κ2) is 11.4. The van der Waals surface area contributed by atoms with Crippen LogP contribution in [0.15, 0.2) is 36.4 Å². The van der Waals surface area contributed by atoms with E-state index in [0.717, 1.165) is 29.8 Å². The SMILES string of the molecule is COc1cc(CCNCc2cccc(OC)c2OC)ccc1OCC(O)CO. The van der Waals surface area contributed by atoms with E-state index >= 15 is 0 Å². The molecule has 2 aromatic carbocycles. The van der Waals surface area contributed by atoms with Gasteiger partial charge < -0.3 is 34.5 Å². The standard InChI is InChI=1S/C21H29NO6/c1-25-19-6-4-5-16(21(19)27-3)12-22-10-9-15-7-8-18(20(11-15)26-2)28-14-17(24)13-23/h4-8,11,17,22-24H,9-10,12-14H2,1-3H3. The molecule has 28 heavy (non-hydrogen) atoms. The molecule has 0 bridgehead atoms. The number of rotatable bonds is 12. The molecule has 0 spiro atoms. The lowest BCUT2D eigenvalue weighted by molar-refractivity contribution is 0.0527. The van der Waals surface area contributed by atoms with Gasteiger partial charge >= 0.3 is 0 Å². The topological polar surface area (TPSA) is 89.4 Å². The van der Waals surface area contributed by atoms with Crippen LogP contribution in [0.3, 0.4) is 0 Å². The maximum Gasteiger partial charge on any atom is 0.165 e. The van der Waals surface area contributed by atoms with Crippen molar-refractivity contribution in [1.29, 1.82) is 0 Å². The lowest BCUT2D eigenvalue weighted by Crippen LogP contribution is -2.21. The van der Waals surface area contributed by atoms with Gasteiger partial charge in [-0.05, 0) is 36.7 Å². The molecule has 7 heteroatoms. The fourth-order valence-electron chi connectivity index (χ4n) is 2.77. The van der Waals surface area contributed by atoms with Gasteiger partial charge in [0.25, 0.3) is 0 Å². The summed E-state index contributed by atoms with van der Waals surface area (Å²) in [7, 11) is 4.83. The third-order valence-corrected chi connectivity index (χ3v) is 4.26. The number of hydrogen-bond donors (Lipinski definition) is 3. The largest absolute Gasteiger partial charge is 0.493 e. The minimum atomic E-state index is -0.915. The Kier molecular flexibility index (Phi) is 8.87. The van der Waals surface area contributed by atoms with Crippen molar-refractivity contribution in [3.05, 3.63) is 47.5 Å². The Morgan fingerprint density at radius 3 is 2.43 bits per heavy atom. The number of ether oxygens (including phenoxy) is 4. The predicted octanol–water partition coefficient (Wildman–Crippen LogP) is 1.78. The van der Waals surface area contributed by atoms with Gasteiger partial charge in [0.15, 0.2) is 23.0 Å². The van der Waals surface area contributed by atoms with E-state index in [-0.39, 0.29) is 13.2 Å². The quantitative estimate of drug-likeness (QED) is 0.475. The van der Waals surface area contributed by atoms with Gasteiger partial charge in [0, 0.05) is 12.1 Å². The smallest absolute Gasteiger partial charge is 0.165 e. The highest BCUT2D eigenvalue weighted by molar-refractivity contribution is 5.46. The Bertz CT molecular complexity index is 737. The monoisotopic (exact) mass is 391 g/mol. The average Bonchev–Trinajstić information content (AvgIpc) is 2.74. The Hall–Kier alpha value is -2.48. The summed E-state index contributed by atoms with van der Waals surface area (Å²) in [5, 5.41) is 21.7. The van der Waals surface area contributed by atoms with Crippen molar-refractivity contribution >= 4 is 0 Å². The fraction of sp³-hybridized carbons (Fsp3) is 0.429. The van der Waals surface area contributed by atoms with Crippen LogP contribution in [0.5, 0.6) is 23.0 Å². The maximum atomic E-state index is 9.40. The van der Waals surface area contributed by atoms with Gasteiger partial charge in [-0.15, -0.1) is 0 Å². The summed E-state index contributed by atoms with van der Waals surface area (Å²) >= 11 is 0. The zero-order valence-electron chi connectivity index (χ0n) is 16.6.